The molecule has 1 aromatic heterocycles. The van der Waals surface area contributed by atoms with Crippen molar-refractivity contribution in [2.75, 3.05) is 5.32 Å². The molecule has 3 aromatic rings. The molecule has 1 N–H and O–H groups in total. The zero-order valence-electron chi connectivity index (χ0n) is 14.2. The topological polar surface area (TPSA) is 98.0 Å². The molecule has 0 aliphatic heterocycles. The third kappa shape index (κ3) is 5.38. The van der Waals surface area contributed by atoms with Crippen LogP contribution in [0, 0.1) is 10.1 Å². The Morgan fingerprint density at radius 2 is 2.00 bits per heavy atom. The second kappa shape index (κ2) is 9.45. The zero-order chi connectivity index (χ0) is 19.9. The van der Waals surface area contributed by atoms with Crippen molar-refractivity contribution in [2.45, 2.75) is 10.1 Å². The molecule has 1 heterocycles. The van der Waals surface area contributed by atoms with Gasteiger partial charge in [-0.25, -0.2) is 0 Å². The van der Waals surface area contributed by atoms with Crippen LogP contribution >= 0.6 is 34.7 Å². The number of nitrogens with one attached hydrogen (secondary N) is 1. The minimum atomic E-state index is -0.466. The number of hydrogen-bond acceptors (Lipinski definition) is 7. The number of anilines is 1. The lowest BCUT2D eigenvalue weighted by atomic mass is 10.2. The first-order valence-electron chi connectivity index (χ1n) is 7.95. The fourth-order valence-corrected chi connectivity index (χ4v) is 4.31. The van der Waals surface area contributed by atoms with E-state index in [2.05, 4.69) is 15.5 Å². The van der Waals surface area contributed by atoms with E-state index in [-0.39, 0.29) is 17.3 Å². The van der Waals surface area contributed by atoms with Gasteiger partial charge >= 0.3 is 0 Å². The van der Waals surface area contributed by atoms with E-state index in [0.29, 0.717) is 20.1 Å². The summed E-state index contributed by atoms with van der Waals surface area (Å²) < 4.78 is 0.566. The molecule has 0 aliphatic carbocycles. The Kier molecular flexibility index (Phi) is 6.75. The Labute approximate surface area is 173 Å². The van der Waals surface area contributed by atoms with Crippen molar-refractivity contribution in [3.63, 3.8) is 0 Å². The normalized spacial score (nSPS) is 10.9. The first-order chi connectivity index (χ1) is 13.5. The third-order valence-electron chi connectivity index (χ3n) is 3.49. The van der Waals surface area contributed by atoms with Crippen molar-refractivity contribution in [1.29, 1.82) is 0 Å². The number of amides is 1. The molecule has 10 heteroatoms. The molecule has 0 radical (unpaired) electrons. The van der Waals surface area contributed by atoms with Gasteiger partial charge in [0.2, 0.25) is 11.0 Å². The number of nitro benzene ring substituents is 1. The second-order valence-electron chi connectivity index (χ2n) is 5.39. The van der Waals surface area contributed by atoms with Crippen LogP contribution in [-0.2, 0) is 10.5 Å². The van der Waals surface area contributed by atoms with Gasteiger partial charge in [-0.3, -0.25) is 20.2 Å². The van der Waals surface area contributed by atoms with Crippen molar-refractivity contribution in [3.8, 4) is 0 Å². The number of halogens is 1. The predicted molar refractivity (Wildman–Crippen MR) is 112 cm³/mol. The van der Waals surface area contributed by atoms with E-state index in [1.165, 1.54) is 41.3 Å². The summed E-state index contributed by atoms with van der Waals surface area (Å²) >= 11 is 8.53. The van der Waals surface area contributed by atoms with Crippen LogP contribution in [0.15, 0.2) is 58.9 Å². The van der Waals surface area contributed by atoms with E-state index in [1.54, 1.807) is 12.1 Å². The van der Waals surface area contributed by atoms with Crippen molar-refractivity contribution in [2.24, 2.45) is 0 Å². The summed E-state index contributed by atoms with van der Waals surface area (Å²) in [5.41, 5.74) is 1.29. The highest BCUT2D eigenvalue weighted by molar-refractivity contribution is 8.00. The first kappa shape index (κ1) is 20.0. The summed E-state index contributed by atoms with van der Waals surface area (Å²) in [7, 11) is 0. The number of aromatic nitrogens is 2. The van der Waals surface area contributed by atoms with Crippen LogP contribution < -0.4 is 5.32 Å². The molecule has 3 rings (SSSR count). The first-order valence-corrected chi connectivity index (χ1v) is 10.1. The molecule has 2 aromatic carbocycles. The molecule has 0 saturated heterocycles. The Hall–Kier alpha value is -2.75. The van der Waals surface area contributed by atoms with Crippen molar-refractivity contribution in [3.05, 3.63) is 80.9 Å². The third-order valence-corrected chi connectivity index (χ3v) is 5.85. The molecule has 0 aliphatic rings. The standard InChI is InChI=1S/C18H13ClN4O3S2/c19-14-7-4-8-15(23(25)26)13(14)11-27-18-22-21-17(28-18)20-16(24)10-9-12-5-2-1-3-6-12/h1-10H,11H2,(H,20,21,24). The molecule has 142 valence electrons. The Bertz CT molecular complexity index is 1020. The lowest BCUT2D eigenvalue weighted by molar-refractivity contribution is -0.385. The number of thioether (sulfide) groups is 1. The van der Waals surface area contributed by atoms with E-state index in [1.807, 2.05) is 30.3 Å². The number of hydrogen-bond donors (Lipinski definition) is 1. The average molecular weight is 433 g/mol. The van der Waals surface area contributed by atoms with Crippen LogP contribution in [0.25, 0.3) is 6.08 Å². The molecule has 0 fully saturated rings. The summed E-state index contributed by atoms with van der Waals surface area (Å²) in [6.07, 6.45) is 3.11. The number of rotatable bonds is 7. The van der Waals surface area contributed by atoms with Crippen molar-refractivity contribution >= 4 is 57.5 Å². The molecule has 0 spiro atoms. The number of nitro groups is 1. The van der Waals surface area contributed by atoms with Gasteiger partial charge < -0.3 is 0 Å². The average Bonchev–Trinajstić information content (AvgIpc) is 3.13. The molecule has 0 bridgehead atoms. The SMILES string of the molecule is O=C(C=Cc1ccccc1)Nc1nnc(SCc2c(Cl)cccc2[N+](=O)[O-])s1. The van der Waals surface area contributed by atoms with Crippen LogP contribution in [0.2, 0.25) is 5.02 Å². The second-order valence-corrected chi connectivity index (χ2v) is 8.00. The Balaban J connectivity index is 1.60. The summed E-state index contributed by atoms with van der Waals surface area (Å²) in [6.45, 7) is 0. The fraction of sp³-hybridized carbons (Fsp3) is 0.0556. The van der Waals surface area contributed by atoms with E-state index in [0.717, 1.165) is 5.56 Å². The van der Waals surface area contributed by atoms with Gasteiger partial charge in [0.15, 0.2) is 4.34 Å². The Morgan fingerprint density at radius 3 is 2.75 bits per heavy atom. The summed E-state index contributed by atoms with van der Waals surface area (Å²) in [6, 6.07) is 14.0. The number of nitrogens with zero attached hydrogens (tertiary/aromatic N) is 3. The van der Waals surface area contributed by atoms with Crippen molar-refractivity contribution in [1.82, 2.24) is 10.2 Å². The molecule has 0 atom stereocenters. The minimum absolute atomic E-state index is 0.0379. The molecule has 1 amide bonds. The van der Waals surface area contributed by atoms with Crippen LogP contribution in [0.4, 0.5) is 10.8 Å². The summed E-state index contributed by atoms with van der Waals surface area (Å²) in [5.74, 6) is -0.0507. The van der Waals surface area contributed by atoms with E-state index in [4.69, 9.17) is 11.6 Å². The highest BCUT2D eigenvalue weighted by Crippen LogP contribution is 2.34. The van der Waals surface area contributed by atoms with E-state index in [9.17, 15) is 14.9 Å². The van der Waals surface area contributed by atoms with Gasteiger partial charge in [-0.1, -0.05) is 71.1 Å². The van der Waals surface area contributed by atoms with Crippen LogP contribution in [-0.4, -0.2) is 21.0 Å². The largest absolute Gasteiger partial charge is 0.297 e. The number of carbonyl (C=O) groups is 1. The smallest absolute Gasteiger partial charge is 0.274 e. The molecule has 0 saturated carbocycles. The maximum Gasteiger partial charge on any atom is 0.274 e. The number of carbonyl (C=O) groups excluding carboxylic acids is 1. The van der Waals surface area contributed by atoms with Gasteiger partial charge in [0.25, 0.3) is 5.69 Å². The van der Waals surface area contributed by atoms with E-state index < -0.39 is 4.92 Å². The van der Waals surface area contributed by atoms with Crippen LogP contribution in [0.3, 0.4) is 0 Å². The summed E-state index contributed by atoms with van der Waals surface area (Å²) in [5, 5.41) is 22.4. The summed E-state index contributed by atoms with van der Waals surface area (Å²) in [4.78, 5) is 22.6. The van der Waals surface area contributed by atoms with Gasteiger partial charge in [0.1, 0.15) is 0 Å². The van der Waals surface area contributed by atoms with Gasteiger partial charge in [0, 0.05) is 17.9 Å². The maximum absolute atomic E-state index is 12.0. The van der Waals surface area contributed by atoms with Gasteiger partial charge in [-0.15, -0.1) is 10.2 Å². The monoisotopic (exact) mass is 432 g/mol. The highest BCUT2D eigenvalue weighted by atomic mass is 35.5. The molecule has 7 nitrogen and oxygen atoms in total. The fourth-order valence-electron chi connectivity index (χ4n) is 2.20. The Morgan fingerprint density at radius 1 is 1.21 bits per heavy atom. The van der Waals surface area contributed by atoms with E-state index >= 15 is 0 Å². The lowest BCUT2D eigenvalue weighted by Crippen LogP contribution is -2.07. The van der Waals surface area contributed by atoms with Gasteiger partial charge in [-0.05, 0) is 17.7 Å². The molecular weight excluding hydrogens is 420 g/mol. The molecular formula is C18H13ClN4O3S2. The number of benzene rings is 2. The van der Waals surface area contributed by atoms with Gasteiger partial charge in [-0.2, -0.15) is 0 Å². The molecule has 28 heavy (non-hydrogen) atoms. The highest BCUT2D eigenvalue weighted by Gasteiger charge is 2.17. The van der Waals surface area contributed by atoms with Crippen LogP contribution in [0.5, 0.6) is 0 Å². The lowest BCUT2D eigenvalue weighted by Gasteiger charge is -2.03. The quantitative estimate of drug-likeness (QED) is 0.184. The predicted octanol–water partition coefficient (Wildman–Crippen LogP) is 5.04. The van der Waals surface area contributed by atoms with Gasteiger partial charge in [0.05, 0.1) is 15.5 Å². The molecule has 0 unspecified atom stereocenters. The van der Waals surface area contributed by atoms with Crippen molar-refractivity contribution < 1.29 is 9.72 Å². The van der Waals surface area contributed by atoms with Crippen LogP contribution in [0.1, 0.15) is 11.1 Å². The zero-order valence-corrected chi connectivity index (χ0v) is 16.6. The maximum atomic E-state index is 12.0. The minimum Gasteiger partial charge on any atom is -0.297 e.